The monoisotopic (exact) mass is 171 g/mol. The van der Waals surface area contributed by atoms with E-state index in [0.29, 0.717) is 5.41 Å². The second-order valence-corrected chi connectivity index (χ2v) is 4.44. The van der Waals surface area contributed by atoms with E-state index < -0.39 is 0 Å². The maximum Gasteiger partial charge on any atom is 0.0499 e. The second-order valence-electron chi connectivity index (χ2n) is 4.44. The van der Waals surface area contributed by atoms with Gasteiger partial charge in [-0.25, -0.2) is 0 Å². The summed E-state index contributed by atoms with van der Waals surface area (Å²) < 4.78 is 5.47. The summed E-state index contributed by atoms with van der Waals surface area (Å²) >= 11 is 0. The first kappa shape index (κ1) is 10.0. The average Bonchev–Trinajstić information content (AvgIpc) is 2.06. The number of ether oxygens (including phenoxy) is 1. The Morgan fingerprint density at radius 2 is 2.25 bits per heavy atom. The molecule has 1 atom stereocenters. The molecule has 1 heterocycles. The van der Waals surface area contributed by atoms with Crippen LogP contribution in [-0.4, -0.2) is 19.8 Å². The Morgan fingerprint density at radius 1 is 1.50 bits per heavy atom. The van der Waals surface area contributed by atoms with Crippen LogP contribution in [-0.2, 0) is 4.74 Å². The molecule has 1 rings (SSSR count). The molecule has 72 valence electrons. The molecule has 12 heavy (non-hydrogen) atoms. The molecule has 1 unspecified atom stereocenters. The zero-order valence-electron chi connectivity index (χ0n) is 8.31. The Balaban J connectivity index is 2.41. The van der Waals surface area contributed by atoms with Gasteiger partial charge in [0.15, 0.2) is 0 Å². The third-order valence-electron chi connectivity index (χ3n) is 3.05. The van der Waals surface area contributed by atoms with Crippen LogP contribution >= 0.6 is 0 Å². The van der Waals surface area contributed by atoms with Gasteiger partial charge in [-0.1, -0.05) is 13.8 Å². The summed E-state index contributed by atoms with van der Waals surface area (Å²) in [6.07, 6.45) is 3.65. The van der Waals surface area contributed by atoms with Crippen LogP contribution in [0.3, 0.4) is 0 Å². The van der Waals surface area contributed by atoms with Gasteiger partial charge in [0.05, 0.1) is 0 Å². The van der Waals surface area contributed by atoms with Crippen molar-refractivity contribution in [3.8, 4) is 0 Å². The predicted octanol–water partition coefficient (Wildman–Crippen LogP) is 1.79. The fourth-order valence-electron chi connectivity index (χ4n) is 1.93. The van der Waals surface area contributed by atoms with Gasteiger partial charge in [-0.15, -0.1) is 0 Å². The van der Waals surface area contributed by atoms with E-state index >= 15 is 0 Å². The molecule has 0 aromatic carbocycles. The predicted molar refractivity (Wildman–Crippen MR) is 51.0 cm³/mol. The van der Waals surface area contributed by atoms with Crippen molar-refractivity contribution in [2.75, 3.05) is 19.8 Å². The molecule has 0 aromatic rings. The molecule has 2 heteroatoms. The highest BCUT2D eigenvalue weighted by atomic mass is 16.5. The van der Waals surface area contributed by atoms with Gasteiger partial charge in [-0.05, 0) is 37.1 Å². The van der Waals surface area contributed by atoms with Crippen molar-refractivity contribution in [2.24, 2.45) is 17.1 Å². The molecule has 0 spiro atoms. The van der Waals surface area contributed by atoms with Crippen LogP contribution in [0.4, 0.5) is 0 Å². The van der Waals surface area contributed by atoms with Crippen LogP contribution in [0, 0.1) is 11.3 Å². The van der Waals surface area contributed by atoms with Gasteiger partial charge in [0.1, 0.15) is 0 Å². The maximum absolute atomic E-state index is 5.58. The Bertz CT molecular complexity index is 128. The first-order chi connectivity index (χ1) is 5.67. The fraction of sp³-hybridized carbons (Fsp3) is 1.00. The molecule has 1 aliphatic heterocycles. The molecule has 0 amide bonds. The molecule has 2 N–H and O–H groups in total. The van der Waals surface area contributed by atoms with Crippen LogP contribution in [0.5, 0.6) is 0 Å². The zero-order chi connectivity index (χ0) is 9.03. The summed E-state index contributed by atoms with van der Waals surface area (Å²) in [5.74, 6) is 0.717. The molecule has 2 nitrogen and oxygen atoms in total. The molecule has 0 bridgehead atoms. The topological polar surface area (TPSA) is 35.2 Å². The standard InChI is InChI=1S/C10H21NO/c1-10(2,5-6-11)9-4-3-7-12-8-9/h9H,3-8,11H2,1-2H3. The molecule has 1 aliphatic rings. The van der Waals surface area contributed by atoms with Crippen molar-refractivity contribution in [1.29, 1.82) is 0 Å². The minimum atomic E-state index is 0.370. The van der Waals surface area contributed by atoms with E-state index in [9.17, 15) is 0 Å². The van der Waals surface area contributed by atoms with Crippen molar-refractivity contribution in [1.82, 2.24) is 0 Å². The van der Waals surface area contributed by atoms with Gasteiger partial charge in [0.25, 0.3) is 0 Å². The Morgan fingerprint density at radius 3 is 2.75 bits per heavy atom. The highest BCUT2D eigenvalue weighted by molar-refractivity contribution is 4.80. The van der Waals surface area contributed by atoms with Crippen LogP contribution in [0.15, 0.2) is 0 Å². The van der Waals surface area contributed by atoms with E-state index in [-0.39, 0.29) is 0 Å². The van der Waals surface area contributed by atoms with Crippen molar-refractivity contribution < 1.29 is 4.74 Å². The van der Waals surface area contributed by atoms with Crippen LogP contribution in [0.25, 0.3) is 0 Å². The second kappa shape index (κ2) is 4.24. The average molecular weight is 171 g/mol. The number of rotatable bonds is 3. The molecule has 0 radical (unpaired) electrons. The Labute approximate surface area is 75.5 Å². The SMILES string of the molecule is CC(C)(CCN)C1CCCOC1. The smallest absolute Gasteiger partial charge is 0.0499 e. The number of hydrogen-bond donors (Lipinski definition) is 1. The molecular formula is C10H21NO. The van der Waals surface area contributed by atoms with Crippen molar-refractivity contribution >= 4 is 0 Å². The zero-order valence-corrected chi connectivity index (χ0v) is 8.31. The summed E-state index contributed by atoms with van der Waals surface area (Å²) in [7, 11) is 0. The van der Waals surface area contributed by atoms with E-state index in [2.05, 4.69) is 13.8 Å². The minimum Gasteiger partial charge on any atom is -0.381 e. The van der Waals surface area contributed by atoms with Gasteiger partial charge in [-0.2, -0.15) is 0 Å². The van der Waals surface area contributed by atoms with E-state index in [1.54, 1.807) is 0 Å². The lowest BCUT2D eigenvalue weighted by Gasteiger charge is -2.36. The van der Waals surface area contributed by atoms with Gasteiger partial charge in [0.2, 0.25) is 0 Å². The lowest BCUT2D eigenvalue weighted by Crippen LogP contribution is -2.33. The normalized spacial score (nSPS) is 25.8. The fourth-order valence-corrected chi connectivity index (χ4v) is 1.93. The Kier molecular flexibility index (Phi) is 3.53. The summed E-state index contributed by atoms with van der Waals surface area (Å²) in [4.78, 5) is 0. The lowest BCUT2D eigenvalue weighted by molar-refractivity contribution is 0.00174. The van der Waals surface area contributed by atoms with Crippen LogP contribution in [0.1, 0.15) is 33.1 Å². The minimum absolute atomic E-state index is 0.370. The quantitative estimate of drug-likeness (QED) is 0.702. The number of nitrogens with two attached hydrogens (primary N) is 1. The van der Waals surface area contributed by atoms with Crippen LogP contribution < -0.4 is 5.73 Å². The van der Waals surface area contributed by atoms with Crippen molar-refractivity contribution in [3.05, 3.63) is 0 Å². The lowest BCUT2D eigenvalue weighted by atomic mass is 9.74. The summed E-state index contributed by atoms with van der Waals surface area (Å²) in [6.45, 7) is 7.30. The summed E-state index contributed by atoms with van der Waals surface area (Å²) in [5, 5.41) is 0. The molecule has 0 saturated carbocycles. The van der Waals surface area contributed by atoms with E-state index in [1.807, 2.05) is 0 Å². The first-order valence-electron chi connectivity index (χ1n) is 4.94. The van der Waals surface area contributed by atoms with E-state index in [0.717, 1.165) is 32.1 Å². The van der Waals surface area contributed by atoms with Crippen molar-refractivity contribution in [3.63, 3.8) is 0 Å². The highest BCUT2D eigenvalue weighted by Gasteiger charge is 2.30. The highest BCUT2D eigenvalue weighted by Crippen LogP contribution is 2.35. The van der Waals surface area contributed by atoms with Gasteiger partial charge >= 0.3 is 0 Å². The number of hydrogen-bond acceptors (Lipinski definition) is 2. The third kappa shape index (κ3) is 2.46. The summed E-state index contributed by atoms with van der Waals surface area (Å²) in [5.41, 5.74) is 5.95. The van der Waals surface area contributed by atoms with Crippen LogP contribution in [0.2, 0.25) is 0 Å². The van der Waals surface area contributed by atoms with Crippen molar-refractivity contribution in [2.45, 2.75) is 33.1 Å². The van der Waals surface area contributed by atoms with Gasteiger partial charge in [-0.3, -0.25) is 0 Å². The van der Waals surface area contributed by atoms with E-state index in [1.165, 1.54) is 12.8 Å². The molecule has 1 saturated heterocycles. The van der Waals surface area contributed by atoms with Gasteiger partial charge < -0.3 is 10.5 Å². The third-order valence-corrected chi connectivity index (χ3v) is 3.05. The molecule has 0 aromatic heterocycles. The van der Waals surface area contributed by atoms with Gasteiger partial charge in [0, 0.05) is 13.2 Å². The first-order valence-corrected chi connectivity index (χ1v) is 4.94. The molecule has 1 fully saturated rings. The largest absolute Gasteiger partial charge is 0.381 e. The molecule has 0 aliphatic carbocycles. The van der Waals surface area contributed by atoms with E-state index in [4.69, 9.17) is 10.5 Å². The maximum atomic E-state index is 5.58. The molecular weight excluding hydrogens is 150 g/mol. The summed E-state index contributed by atoms with van der Waals surface area (Å²) in [6, 6.07) is 0. The Hall–Kier alpha value is -0.0800.